The van der Waals surface area contributed by atoms with Crippen molar-refractivity contribution in [3.8, 4) is 17.6 Å². The Labute approximate surface area is 469 Å². The molecule has 4 saturated heterocycles. The molecule has 15 heteroatoms. The highest BCUT2D eigenvalue weighted by Gasteiger charge is 2.31. The lowest BCUT2D eigenvalue weighted by Crippen LogP contribution is -2.44. The highest BCUT2D eigenvalue weighted by atomic mass is 35.5. The van der Waals surface area contributed by atoms with Crippen LogP contribution in [0.15, 0.2) is 152 Å². The Kier molecular flexibility index (Phi) is 21.1. The average molecular weight is 1100 g/mol. The van der Waals surface area contributed by atoms with Gasteiger partial charge in [-0.25, -0.2) is 0 Å². The first-order valence-corrected chi connectivity index (χ1v) is 28.3. The van der Waals surface area contributed by atoms with Crippen LogP contribution in [0.3, 0.4) is 0 Å². The Hall–Kier alpha value is -7.05. The van der Waals surface area contributed by atoms with E-state index in [9.17, 15) is 22.8 Å². The van der Waals surface area contributed by atoms with Crippen molar-refractivity contribution in [2.45, 2.75) is 109 Å². The third-order valence-corrected chi connectivity index (χ3v) is 15.3. The van der Waals surface area contributed by atoms with Gasteiger partial charge in [-0.05, 0) is 122 Å². The molecule has 0 atom stereocenters. The number of alkyl halides is 3. The third kappa shape index (κ3) is 17.2. The van der Waals surface area contributed by atoms with E-state index in [0.717, 1.165) is 133 Å². The fraction of sp³-hybridized carbons (Fsp3) is 0.391. The Balaban J connectivity index is 0.000000202. The first kappa shape index (κ1) is 58.1. The van der Waals surface area contributed by atoms with Crippen LogP contribution in [0.25, 0.3) is 0 Å². The lowest BCUT2D eigenvalue weighted by Gasteiger charge is -2.34. The van der Waals surface area contributed by atoms with Gasteiger partial charge in [0.1, 0.15) is 23.7 Å². The highest BCUT2D eigenvalue weighted by molar-refractivity contribution is 6.34. The number of ether oxygens (including phenoxy) is 2. The molecule has 6 aromatic carbocycles. The van der Waals surface area contributed by atoms with Crippen molar-refractivity contribution in [2.75, 3.05) is 62.2 Å². The molecule has 0 saturated carbocycles. The number of carbonyl (C=O) groups is 2. The van der Waals surface area contributed by atoms with E-state index in [0.29, 0.717) is 40.6 Å². The fourth-order valence-corrected chi connectivity index (χ4v) is 10.9. The molecule has 2 N–H and O–H groups in total. The van der Waals surface area contributed by atoms with Crippen LogP contribution in [-0.2, 0) is 19.3 Å². The van der Waals surface area contributed by atoms with E-state index >= 15 is 0 Å². The summed E-state index contributed by atoms with van der Waals surface area (Å²) in [5.74, 6) is 1.15. The zero-order chi connectivity index (χ0) is 55.6. The first-order chi connectivity index (χ1) is 38.4. The largest absolute Gasteiger partial charge is 0.490 e. The van der Waals surface area contributed by atoms with Crippen LogP contribution in [0.2, 0.25) is 5.02 Å². The smallest absolute Gasteiger partial charge is 0.416 e. The molecule has 0 aromatic heterocycles. The van der Waals surface area contributed by atoms with Crippen molar-refractivity contribution >= 4 is 34.8 Å². The predicted molar refractivity (Wildman–Crippen MR) is 308 cm³/mol. The van der Waals surface area contributed by atoms with Crippen LogP contribution in [0.4, 0.5) is 24.5 Å². The summed E-state index contributed by atoms with van der Waals surface area (Å²) in [6.07, 6.45) is 2.75. The lowest BCUT2D eigenvalue weighted by atomic mass is 10.0. The predicted octanol–water partition coefficient (Wildman–Crippen LogP) is 12.8. The Morgan fingerprint density at radius 2 is 1.01 bits per heavy atom. The number of hydrogen-bond acceptors (Lipinski definition) is 9. The number of likely N-dealkylation sites (tertiary alicyclic amines) is 2. The second kappa shape index (κ2) is 28.7. The number of amides is 2. The molecule has 0 unspecified atom stereocenters. The van der Waals surface area contributed by atoms with Gasteiger partial charge < -0.3 is 29.9 Å². The van der Waals surface area contributed by atoms with Gasteiger partial charge in [0.05, 0.1) is 27.8 Å². The van der Waals surface area contributed by atoms with Gasteiger partial charge in [0.25, 0.3) is 11.8 Å². The number of nitrogens with one attached hydrogen (secondary N) is 2. The van der Waals surface area contributed by atoms with Gasteiger partial charge in [-0.2, -0.15) is 18.4 Å². The second-order valence-corrected chi connectivity index (χ2v) is 20.9. The van der Waals surface area contributed by atoms with Crippen molar-refractivity contribution in [1.82, 2.24) is 20.4 Å². The summed E-state index contributed by atoms with van der Waals surface area (Å²) in [4.78, 5) is 35.2. The Morgan fingerprint density at radius 1 is 0.557 bits per heavy atom. The van der Waals surface area contributed by atoms with Crippen LogP contribution in [0.1, 0.15) is 108 Å². The SMILES string of the molecule is CC.N#Cc1ccc(N2CCC(Oc3cccc(C(=O)NC4CCN(Cc5ccccc5)CC4)c3)CC2)cc1.O=C(NC1CCN(Cc2ccccc2)CC1)c1ccc(OC2CCN(c3ccc(C(F)(F)F)cc3)CC2)cc1Cl. The third-order valence-electron chi connectivity index (χ3n) is 15.0. The maximum Gasteiger partial charge on any atom is 0.416 e. The number of nitrogens with zero attached hydrogens (tertiary/aromatic N) is 5. The van der Waals surface area contributed by atoms with Crippen LogP contribution >= 0.6 is 11.6 Å². The number of carbonyl (C=O) groups excluding carboxylic acids is 2. The maximum absolute atomic E-state index is 13.0. The summed E-state index contributed by atoms with van der Waals surface area (Å²) in [6.45, 7) is 12.9. The van der Waals surface area contributed by atoms with Gasteiger partial charge in [-0.1, -0.05) is 92.2 Å². The van der Waals surface area contributed by atoms with Crippen LogP contribution in [0, 0.1) is 11.3 Å². The number of rotatable bonds is 14. The average Bonchev–Trinajstić information content (AvgIpc) is 3.48. The molecule has 4 heterocycles. The molecule has 79 heavy (non-hydrogen) atoms. The highest BCUT2D eigenvalue weighted by Crippen LogP contribution is 2.33. The van der Waals surface area contributed by atoms with E-state index < -0.39 is 11.7 Å². The van der Waals surface area contributed by atoms with Crippen LogP contribution in [0.5, 0.6) is 11.5 Å². The topological polar surface area (TPSA) is 113 Å². The minimum atomic E-state index is -4.34. The second-order valence-electron chi connectivity index (χ2n) is 20.5. The molecular weight excluding hydrogens is 1020 g/mol. The number of anilines is 2. The normalized spacial score (nSPS) is 17.0. The molecule has 4 aliphatic heterocycles. The number of nitriles is 1. The Bertz CT molecular complexity index is 2880. The van der Waals surface area contributed by atoms with Gasteiger partial charge in [0, 0.05) is 120 Å². The summed E-state index contributed by atoms with van der Waals surface area (Å²) < 4.78 is 50.9. The van der Waals surface area contributed by atoms with Crippen LogP contribution < -0.4 is 29.9 Å². The standard InChI is InChI=1S/C31H33ClF3N3O2.C31H34N4O2.C2H6/c32-29-20-27(40-26-14-18-38(19-15-26)25-8-6-23(7-9-25)31(33,34)35)10-11-28(29)30(39)36-24-12-16-37(17-13-24)21-22-4-2-1-3-5-22;32-22-24-9-11-28(12-10-24)35-19-15-29(16-20-35)37-30-8-4-7-26(21-30)31(36)33-27-13-17-34(18-14-27)23-25-5-2-1-3-6-25;1-2/h1-11,20,24,26H,12-19,21H2,(H,36,39);1-12,21,27,29H,13-20,23H2,(H,33,36);1-2H3. The first-order valence-electron chi connectivity index (χ1n) is 28.0. The van der Waals surface area contributed by atoms with Gasteiger partial charge in [0.15, 0.2) is 0 Å². The molecule has 10 rings (SSSR count). The summed E-state index contributed by atoms with van der Waals surface area (Å²) >= 11 is 6.48. The van der Waals surface area contributed by atoms with Crippen molar-refractivity contribution < 1.29 is 32.2 Å². The van der Waals surface area contributed by atoms with E-state index in [1.807, 2.05) is 74.5 Å². The van der Waals surface area contributed by atoms with E-state index in [1.54, 1.807) is 18.2 Å². The van der Waals surface area contributed by atoms with Gasteiger partial charge in [-0.15, -0.1) is 0 Å². The van der Waals surface area contributed by atoms with Crippen molar-refractivity contribution in [1.29, 1.82) is 5.26 Å². The molecule has 416 valence electrons. The van der Waals surface area contributed by atoms with Gasteiger partial charge in [-0.3, -0.25) is 19.4 Å². The Morgan fingerprint density at radius 3 is 1.47 bits per heavy atom. The summed E-state index contributed by atoms with van der Waals surface area (Å²) in [6, 6.07) is 49.2. The zero-order valence-corrected chi connectivity index (χ0v) is 46.1. The summed E-state index contributed by atoms with van der Waals surface area (Å²) in [7, 11) is 0. The summed E-state index contributed by atoms with van der Waals surface area (Å²) in [5, 5.41) is 15.7. The van der Waals surface area contributed by atoms with Gasteiger partial charge in [0.2, 0.25) is 0 Å². The lowest BCUT2D eigenvalue weighted by molar-refractivity contribution is -0.137. The minimum Gasteiger partial charge on any atom is -0.490 e. The van der Waals surface area contributed by atoms with Crippen LogP contribution in [-0.4, -0.2) is 98.3 Å². The fourth-order valence-electron chi connectivity index (χ4n) is 10.6. The van der Waals surface area contributed by atoms with E-state index in [-0.39, 0.29) is 36.1 Å². The van der Waals surface area contributed by atoms with Crippen molar-refractivity contribution in [3.63, 3.8) is 0 Å². The van der Waals surface area contributed by atoms with E-state index in [1.165, 1.54) is 23.3 Å². The molecule has 0 aliphatic carbocycles. The molecule has 11 nitrogen and oxygen atoms in total. The molecule has 4 fully saturated rings. The van der Waals surface area contributed by atoms with Crippen molar-refractivity contribution in [3.05, 3.63) is 190 Å². The maximum atomic E-state index is 13.0. The molecule has 4 aliphatic rings. The number of piperidine rings is 4. The molecule has 0 spiro atoms. The molecule has 0 bridgehead atoms. The molecule has 0 radical (unpaired) electrons. The quantitative estimate of drug-likeness (QED) is 0.110. The molecule has 6 aromatic rings. The van der Waals surface area contributed by atoms with Gasteiger partial charge >= 0.3 is 6.18 Å². The monoisotopic (exact) mass is 1100 g/mol. The van der Waals surface area contributed by atoms with Crippen molar-refractivity contribution in [2.24, 2.45) is 0 Å². The number of benzene rings is 6. The number of hydrogen-bond donors (Lipinski definition) is 2. The summed E-state index contributed by atoms with van der Waals surface area (Å²) in [5.41, 5.74) is 5.66. The molecular formula is C64H73ClF3N7O4. The molecule has 2 amide bonds. The zero-order valence-electron chi connectivity index (χ0n) is 45.4. The minimum absolute atomic E-state index is 0.0254. The van der Waals surface area contributed by atoms with E-state index in [4.69, 9.17) is 26.3 Å². The number of halogens is 4. The van der Waals surface area contributed by atoms with E-state index in [2.05, 4.69) is 84.8 Å².